The largest absolute Gasteiger partial charge is 0.481 e. The van der Waals surface area contributed by atoms with Gasteiger partial charge in [-0.05, 0) is 36.4 Å². The van der Waals surface area contributed by atoms with E-state index in [2.05, 4.69) is 0 Å². The first-order chi connectivity index (χ1) is 12.6. The molecule has 1 aliphatic rings. The van der Waals surface area contributed by atoms with Crippen LogP contribution in [-0.2, 0) is 4.79 Å². The van der Waals surface area contributed by atoms with Gasteiger partial charge in [0, 0.05) is 18.7 Å². The summed E-state index contributed by atoms with van der Waals surface area (Å²) in [7, 11) is 0. The van der Waals surface area contributed by atoms with Crippen LogP contribution >= 0.6 is 11.9 Å². The van der Waals surface area contributed by atoms with Gasteiger partial charge in [-0.1, -0.05) is 48.9 Å². The fourth-order valence-electron chi connectivity index (χ4n) is 3.38. The molecule has 136 valence electrons. The Hall–Kier alpha value is -2.38. The van der Waals surface area contributed by atoms with E-state index in [0.29, 0.717) is 11.4 Å². The van der Waals surface area contributed by atoms with E-state index >= 15 is 0 Å². The number of benzene rings is 2. The maximum atomic E-state index is 12.0. The van der Waals surface area contributed by atoms with Gasteiger partial charge in [-0.3, -0.25) is 14.9 Å². The van der Waals surface area contributed by atoms with E-state index in [-0.39, 0.29) is 11.7 Å². The lowest BCUT2D eigenvalue weighted by atomic mass is 9.86. The molecule has 6 nitrogen and oxygen atoms in total. The second-order valence-electron chi connectivity index (χ2n) is 6.25. The third kappa shape index (κ3) is 4.05. The number of piperidine rings is 1. The topological polar surface area (TPSA) is 83.7 Å². The molecule has 0 aliphatic carbocycles. The lowest BCUT2D eigenvalue weighted by Gasteiger charge is -2.37. The van der Waals surface area contributed by atoms with E-state index in [1.54, 1.807) is 18.2 Å². The van der Waals surface area contributed by atoms with Crippen molar-refractivity contribution in [2.24, 2.45) is 0 Å². The Kier molecular flexibility index (Phi) is 5.90. The van der Waals surface area contributed by atoms with Gasteiger partial charge in [0.1, 0.15) is 4.90 Å². The van der Waals surface area contributed by atoms with Gasteiger partial charge in [-0.25, -0.2) is 4.31 Å². The maximum Gasteiger partial charge on any atom is 0.312 e. The summed E-state index contributed by atoms with van der Waals surface area (Å²) in [6.07, 6.45) is 2.65. The average Bonchev–Trinajstić information content (AvgIpc) is 2.64. The zero-order chi connectivity index (χ0) is 18.5. The van der Waals surface area contributed by atoms with Crippen LogP contribution in [0.5, 0.6) is 0 Å². The van der Waals surface area contributed by atoms with Gasteiger partial charge in [0.05, 0.1) is 10.8 Å². The van der Waals surface area contributed by atoms with Gasteiger partial charge < -0.3 is 5.11 Å². The van der Waals surface area contributed by atoms with Crippen LogP contribution in [0.25, 0.3) is 0 Å². The Labute approximate surface area is 156 Å². The van der Waals surface area contributed by atoms with Crippen LogP contribution < -0.4 is 0 Å². The molecule has 0 saturated carbocycles. The number of carboxylic acids is 1. The number of hydrogen-bond donors (Lipinski definition) is 1. The predicted molar refractivity (Wildman–Crippen MR) is 100 cm³/mol. The number of rotatable bonds is 6. The van der Waals surface area contributed by atoms with Crippen molar-refractivity contribution in [3.05, 3.63) is 70.3 Å². The molecule has 2 aromatic rings. The summed E-state index contributed by atoms with van der Waals surface area (Å²) in [6.45, 7) is 0.706. The quantitative estimate of drug-likeness (QED) is 0.462. The lowest BCUT2D eigenvalue weighted by molar-refractivity contribution is -0.387. The zero-order valence-corrected chi connectivity index (χ0v) is 15.0. The molecule has 0 amide bonds. The summed E-state index contributed by atoms with van der Waals surface area (Å²) in [4.78, 5) is 23.5. The van der Waals surface area contributed by atoms with Gasteiger partial charge in [-0.15, -0.1) is 0 Å². The summed E-state index contributed by atoms with van der Waals surface area (Å²) in [5, 5.41) is 21.1. The minimum Gasteiger partial charge on any atom is -0.481 e. The SMILES string of the molecule is O=C(O)C(c1ccccc1)C1CCCCN1Sc1ccccc1[N+](=O)[O-]. The Bertz CT molecular complexity index is 784. The molecule has 1 heterocycles. The molecule has 0 spiro atoms. The molecular weight excluding hydrogens is 352 g/mol. The highest BCUT2D eigenvalue weighted by molar-refractivity contribution is 7.97. The van der Waals surface area contributed by atoms with Crippen LogP contribution in [0.3, 0.4) is 0 Å². The van der Waals surface area contributed by atoms with E-state index in [0.717, 1.165) is 24.8 Å². The monoisotopic (exact) mass is 372 g/mol. The van der Waals surface area contributed by atoms with Crippen LogP contribution in [0.15, 0.2) is 59.5 Å². The molecule has 26 heavy (non-hydrogen) atoms. The Morgan fingerprint density at radius 2 is 1.85 bits per heavy atom. The molecule has 0 aromatic heterocycles. The van der Waals surface area contributed by atoms with Crippen LogP contribution in [0.4, 0.5) is 5.69 Å². The van der Waals surface area contributed by atoms with Crippen LogP contribution in [0, 0.1) is 10.1 Å². The Morgan fingerprint density at radius 3 is 2.54 bits per heavy atom. The highest BCUT2D eigenvalue weighted by atomic mass is 32.2. The van der Waals surface area contributed by atoms with E-state index in [4.69, 9.17) is 0 Å². The second-order valence-corrected chi connectivity index (χ2v) is 7.34. The summed E-state index contributed by atoms with van der Waals surface area (Å²) in [6, 6.07) is 15.6. The molecule has 0 radical (unpaired) electrons. The number of aliphatic carboxylic acids is 1. The van der Waals surface area contributed by atoms with Gasteiger partial charge in [0.15, 0.2) is 0 Å². The van der Waals surface area contributed by atoms with Gasteiger partial charge in [-0.2, -0.15) is 0 Å². The molecule has 7 heteroatoms. The molecule has 1 N–H and O–H groups in total. The van der Waals surface area contributed by atoms with E-state index in [1.807, 2.05) is 34.6 Å². The zero-order valence-electron chi connectivity index (χ0n) is 14.2. The normalized spacial score (nSPS) is 19.0. The fraction of sp³-hybridized carbons (Fsp3) is 0.316. The number of nitrogens with zero attached hydrogens (tertiary/aromatic N) is 2. The number of carbonyl (C=O) groups is 1. The lowest BCUT2D eigenvalue weighted by Crippen LogP contribution is -2.41. The second kappa shape index (κ2) is 8.33. The number of nitro benzene ring substituents is 1. The molecule has 3 rings (SSSR count). The first-order valence-corrected chi connectivity index (χ1v) is 9.31. The van der Waals surface area contributed by atoms with Crippen molar-refractivity contribution in [1.29, 1.82) is 0 Å². The van der Waals surface area contributed by atoms with E-state index in [9.17, 15) is 20.0 Å². The van der Waals surface area contributed by atoms with Crippen molar-refractivity contribution in [3.63, 3.8) is 0 Å². The Morgan fingerprint density at radius 1 is 1.15 bits per heavy atom. The predicted octanol–water partition coefficient (Wildman–Crippen LogP) is 4.32. The maximum absolute atomic E-state index is 12.0. The molecular formula is C19H20N2O4S. The highest BCUT2D eigenvalue weighted by Gasteiger charge is 2.36. The highest BCUT2D eigenvalue weighted by Crippen LogP contribution is 2.39. The summed E-state index contributed by atoms with van der Waals surface area (Å²) in [5.41, 5.74) is 0.813. The minimum absolute atomic E-state index is 0.0495. The van der Waals surface area contributed by atoms with E-state index < -0.39 is 16.8 Å². The average molecular weight is 372 g/mol. The minimum atomic E-state index is -0.865. The van der Waals surface area contributed by atoms with E-state index in [1.165, 1.54) is 18.0 Å². The molecule has 2 aromatic carbocycles. The van der Waals surface area contributed by atoms with Gasteiger partial charge >= 0.3 is 5.97 Å². The number of para-hydroxylation sites is 1. The van der Waals surface area contributed by atoms with Crippen LogP contribution in [0.2, 0.25) is 0 Å². The molecule has 0 bridgehead atoms. The number of carboxylic acid groups (broad SMARTS) is 1. The molecule has 2 unspecified atom stereocenters. The number of nitro groups is 1. The molecule has 2 atom stereocenters. The summed E-state index contributed by atoms with van der Waals surface area (Å²) >= 11 is 1.30. The molecule has 1 saturated heterocycles. The fourth-order valence-corrected chi connectivity index (χ4v) is 4.59. The van der Waals surface area contributed by atoms with Crippen LogP contribution in [-0.4, -0.2) is 32.9 Å². The third-order valence-electron chi connectivity index (χ3n) is 4.59. The first kappa shape index (κ1) is 18.4. The van der Waals surface area contributed by atoms with Crippen molar-refractivity contribution >= 4 is 23.6 Å². The van der Waals surface area contributed by atoms with Crippen molar-refractivity contribution in [2.75, 3.05) is 6.54 Å². The van der Waals surface area contributed by atoms with Crippen molar-refractivity contribution in [1.82, 2.24) is 4.31 Å². The Balaban J connectivity index is 1.90. The van der Waals surface area contributed by atoms with Crippen LogP contribution in [0.1, 0.15) is 30.7 Å². The summed E-state index contributed by atoms with van der Waals surface area (Å²) in [5.74, 6) is -1.52. The molecule has 1 fully saturated rings. The summed E-state index contributed by atoms with van der Waals surface area (Å²) < 4.78 is 2.01. The van der Waals surface area contributed by atoms with Gasteiger partial charge in [0.2, 0.25) is 0 Å². The van der Waals surface area contributed by atoms with Crippen molar-refractivity contribution < 1.29 is 14.8 Å². The van der Waals surface area contributed by atoms with Gasteiger partial charge in [0.25, 0.3) is 5.69 Å². The standard InChI is InChI=1S/C19H20N2O4S/c22-19(23)18(14-8-2-1-3-9-14)16-11-6-7-13-20(16)26-17-12-5-4-10-15(17)21(24)25/h1-5,8-10,12,16,18H,6-7,11,13H2,(H,22,23). The third-order valence-corrected chi connectivity index (χ3v) is 5.82. The molecule has 1 aliphatic heterocycles. The van der Waals surface area contributed by atoms with Crippen molar-refractivity contribution in [2.45, 2.75) is 36.1 Å². The smallest absolute Gasteiger partial charge is 0.312 e. The van der Waals surface area contributed by atoms with Crippen molar-refractivity contribution in [3.8, 4) is 0 Å². The first-order valence-electron chi connectivity index (χ1n) is 8.53. The number of hydrogen-bond acceptors (Lipinski definition) is 5.